The van der Waals surface area contributed by atoms with Crippen LogP contribution in [0.4, 0.5) is 0 Å². The largest absolute Gasteiger partial charge is 0.345 e. The maximum absolute atomic E-state index is 12.6. The molecule has 1 N–H and O–H groups in total. The number of benzene rings is 2. The number of ketones is 1. The number of nitrogens with zero attached hydrogens (tertiary/aromatic N) is 1. The Bertz CT molecular complexity index is 766. The second-order valence-corrected chi connectivity index (χ2v) is 7.36. The van der Waals surface area contributed by atoms with E-state index in [1.165, 1.54) is 29.2 Å². The van der Waals surface area contributed by atoms with Crippen LogP contribution in [0.15, 0.2) is 48.5 Å². The second-order valence-electron chi connectivity index (χ2n) is 7.36. The number of carbonyl (C=O) groups is 2. The molecule has 0 aromatic heterocycles. The Morgan fingerprint density at radius 3 is 1.92 bits per heavy atom. The van der Waals surface area contributed by atoms with Gasteiger partial charge < -0.3 is 5.32 Å². The van der Waals surface area contributed by atoms with Gasteiger partial charge in [0.2, 0.25) is 5.91 Å². The molecule has 2 aromatic carbocycles. The molecule has 1 aliphatic heterocycles. The normalized spacial score (nSPS) is 14.9. The Labute approximate surface area is 155 Å². The van der Waals surface area contributed by atoms with Crippen LogP contribution in [-0.4, -0.2) is 29.2 Å². The summed E-state index contributed by atoms with van der Waals surface area (Å²) in [5.41, 5.74) is 4.90. The van der Waals surface area contributed by atoms with E-state index in [1.807, 2.05) is 26.0 Å². The molecule has 1 amide bonds. The van der Waals surface area contributed by atoms with Gasteiger partial charge in [-0.15, -0.1) is 0 Å². The molecule has 1 unspecified atom stereocenters. The van der Waals surface area contributed by atoms with Gasteiger partial charge in [0.15, 0.2) is 5.78 Å². The van der Waals surface area contributed by atoms with Gasteiger partial charge >= 0.3 is 0 Å². The summed E-state index contributed by atoms with van der Waals surface area (Å²) in [5, 5.41) is 2.90. The minimum absolute atomic E-state index is 0.0000855. The smallest absolute Gasteiger partial charge is 0.234 e. The molecule has 1 aliphatic rings. The zero-order chi connectivity index (χ0) is 18.7. The molecule has 0 saturated heterocycles. The number of Topliss-reactive ketones (excluding diaryl/α,β-unsaturated/α-hetero) is 1. The first-order chi connectivity index (χ1) is 12.5. The highest BCUT2D eigenvalue weighted by atomic mass is 16.2. The Balaban J connectivity index is 1.80. The van der Waals surface area contributed by atoms with Crippen molar-refractivity contribution in [1.82, 2.24) is 10.2 Å². The Hall–Kier alpha value is -2.46. The van der Waals surface area contributed by atoms with Crippen LogP contribution in [0.5, 0.6) is 0 Å². The third-order valence-electron chi connectivity index (χ3n) is 4.90. The van der Waals surface area contributed by atoms with Crippen LogP contribution in [0, 0.1) is 5.92 Å². The lowest BCUT2D eigenvalue weighted by molar-refractivity contribution is -0.128. The SMILES string of the molecule is CC(=O)C(NC(=O)CN1Cc2ccccc2-c2ccccc2C1)C(C)C. The molecule has 2 aromatic rings. The van der Waals surface area contributed by atoms with Crippen molar-refractivity contribution in [1.29, 1.82) is 0 Å². The van der Waals surface area contributed by atoms with E-state index in [0.29, 0.717) is 13.1 Å². The standard InChI is InChI=1S/C22H26N2O2/c1-15(2)22(16(3)25)23-21(26)14-24-12-17-8-4-6-10-19(17)20-11-7-5-9-18(20)13-24/h4-11,15,22H,12-14H2,1-3H3,(H,23,26). The first kappa shape index (κ1) is 18.3. The van der Waals surface area contributed by atoms with E-state index in [4.69, 9.17) is 0 Å². The molecule has 26 heavy (non-hydrogen) atoms. The van der Waals surface area contributed by atoms with E-state index in [9.17, 15) is 9.59 Å². The lowest BCUT2D eigenvalue weighted by Gasteiger charge is -2.24. The van der Waals surface area contributed by atoms with Crippen molar-refractivity contribution < 1.29 is 9.59 Å². The topological polar surface area (TPSA) is 49.4 Å². The van der Waals surface area contributed by atoms with Gasteiger partial charge in [0.05, 0.1) is 12.6 Å². The summed E-state index contributed by atoms with van der Waals surface area (Å²) in [6.07, 6.45) is 0. The van der Waals surface area contributed by atoms with Crippen molar-refractivity contribution in [3.05, 3.63) is 59.7 Å². The highest BCUT2D eigenvalue weighted by molar-refractivity contribution is 5.88. The van der Waals surface area contributed by atoms with Crippen molar-refractivity contribution in [2.24, 2.45) is 5.92 Å². The molecule has 1 atom stereocenters. The first-order valence-electron chi connectivity index (χ1n) is 9.14. The Kier molecular flexibility index (Phi) is 5.52. The number of rotatable bonds is 5. The number of hydrogen-bond donors (Lipinski definition) is 1. The quantitative estimate of drug-likeness (QED) is 0.899. The lowest BCUT2D eigenvalue weighted by Crippen LogP contribution is -2.47. The zero-order valence-corrected chi connectivity index (χ0v) is 15.7. The Morgan fingerprint density at radius 2 is 1.46 bits per heavy atom. The van der Waals surface area contributed by atoms with Crippen molar-refractivity contribution in [3.63, 3.8) is 0 Å². The number of fused-ring (bicyclic) bond motifs is 3. The van der Waals surface area contributed by atoms with Crippen LogP contribution in [0.3, 0.4) is 0 Å². The minimum atomic E-state index is -0.422. The predicted molar refractivity (Wildman–Crippen MR) is 103 cm³/mol. The maximum Gasteiger partial charge on any atom is 0.234 e. The summed E-state index contributed by atoms with van der Waals surface area (Å²) in [6, 6.07) is 16.3. The molecule has 0 saturated carbocycles. The second kappa shape index (κ2) is 7.83. The molecule has 0 aliphatic carbocycles. The molecule has 4 heteroatoms. The van der Waals surface area contributed by atoms with Crippen LogP contribution in [-0.2, 0) is 22.7 Å². The van der Waals surface area contributed by atoms with Crippen LogP contribution in [0.25, 0.3) is 11.1 Å². The molecule has 0 radical (unpaired) electrons. The summed E-state index contributed by atoms with van der Waals surface area (Å²) < 4.78 is 0. The van der Waals surface area contributed by atoms with E-state index in [-0.39, 0.29) is 24.2 Å². The van der Waals surface area contributed by atoms with E-state index in [0.717, 1.165) is 0 Å². The highest BCUT2D eigenvalue weighted by Crippen LogP contribution is 2.32. The van der Waals surface area contributed by atoms with Gasteiger partial charge in [-0.2, -0.15) is 0 Å². The maximum atomic E-state index is 12.6. The van der Waals surface area contributed by atoms with Crippen molar-refractivity contribution >= 4 is 11.7 Å². The van der Waals surface area contributed by atoms with Gasteiger partial charge in [-0.1, -0.05) is 62.4 Å². The fourth-order valence-electron chi connectivity index (χ4n) is 3.65. The van der Waals surface area contributed by atoms with Gasteiger partial charge in [-0.05, 0) is 35.1 Å². The molecule has 4 nitrogen and oxygen atoms in total. The van der Waals surface area contributed by atoms with Crippen LogP contribution < -0.4 is 5.32 Å². The van der Waals surface area contributed by atoms with Crippen LogP contribution in [0.1, 0.15) is 31.9 Å². The number of hydrogen-bond acceptors (Lipinski definition) is 3. The van der Waals surface area contributed by atoms with E-state index in [2.05, 4.69) is 46.6 Å². The highest BCUT2D eigenvalue weighted by Gasteiger charge is 2.24. The van der Waals surface area contributed by atoms with Crippen molar-refractivity contribution in [3.8, 4) is 11.1 Å². The van der Waals surface area contributed by atoms with Crippen molar-refractivity contribution in [2.75, 3.05) is 6.54 Å². The van der Waals surface area contributed by atoms with Crippen LogP contribution >= 0.6 is 0 Å². The lowest BCUT2D eigenvalue weighted by atomic mass is 9.97. The number of nitrogens with one attached hydrogen (secondary N) is 1. The fraction of sp³-hybridized carbons (Fsp3) is 0.364. The zero-order valence-electron chi connectivity index (χ0n) is 15.7. The van der Waals surface area contributed by atoms with E-state index < -0.39 is 6.04 Å². The van der Waals surface area contributed by atoms with Gasteiger partial charge in [-0.25, -0.2) is 0 Å². The Morgan fingerprint density at radius 1 is 0.962 bits per heavy atom. The third-order valence-corrected chi connectivity index (χ3v) is 4.90. The van der Waals surface area contributed by atoms with E-state index in [1.54, 1.807) is 0 Å². The van der Waals surface area contributed by atoms with Gasteiger partial charge in [-0.3, -0.25) is 14.5 Å². The number of carbonyl (C=O) groups excluding carboxylic acids is 2. The molecule has 0 fully saturated rings. The summed E-state index contributed by atoms with van der Waals surface area (Å²) in [7, 11) is 0. The summed E-state index contributed by atoms with van der Waals surface area (Å²) >= 11 is 0. The first-order valence-corrected chi connectivity index (χ1v) is 9.14. The minimum Gasteiger partial charge on any atom is -0.345 e. The van der Waals surface area contributed by atoms with Gasteiger partial charge in [0.25, 0.3) is 0 Å². The molecule has 3 rings (SSSR count). The molecule has 0 bridgehead atoms. The average molecular weight is 350 g/mol. The summed E-state index contributed by atoms with van der Waals surface area (Å²) in [5.74, 6) is -0.0160. The van der Waals surface area contributed by atoms with Gasteiger partial charge in [0, 0.05) is 13.1 Å². The molecular formula is C22H26N2O2. The molecule has 1 heterocycles. The monoisotopic (exact) mass is 350 g/mol. The predicted octanol–water partition coefficient (Wildman–Crippen LogP) is 3.40. The molecular weight excluding hydrogens is 324 g/mol. The van der Waals surface area contributed by atoms with Crippen molar-refractivity contribution in [2.45, 2.75) is 39.9 Å². The number of amides is 1. The third kappa shape index (κ3) is 4.02. The summed E-state index contributed by atoms with van der Waals surface area (Å²) in [4.78, 5) is 26.5. The fourth-order valence-corrected chi connectivity index (χ4v) is 3.65. The average Bonchev–Trinajstić information content (AvgIpc) is 2.75. The van der Waals surface area contributed by atoms with E-state index >= 15 is 0 Å². The van der Waals surface area contributed by atoms with Crippen LogP contribution in [0.2, 0.25) is 0 Å². The van der Waals surface area contributed by atoms with Gasteiger partial charge in [0.1, 0.15) is 0 Å². The molecule has 0 spiro atoms. The summed E-state index contributed by atoms with van der Waals surface area (Å²) in [6.45, 7) is 7.13. The molecule has 136 valence electrons.